The zero-order chi connectivity index (χ0) is 17.2. The third kappa shape index (κ3) is 3.46. The molecular formula is C20H23ClN2O2. The van der Waals surface area contributed by atoms with Crippen LogP contribution < -0.4 is 0 Å². The van der Waals surface area contributed by atoms with Gasteiger partial charge in [-0.25, -0.2) is 0 Å². The molecule has 0 spiro atoms. The molecule has 5 heteroatoms. The van der Waals surface area contributed by atoms with Gasteiger partial charge in [0.15, 0.2) is 5.76 Å². The Bertz CT molecular complexity index is 752. The molecule has 2 aliphatic heterocycles. The summed E-state index contributed by atoms with van der Waals surface area (Å²) in [6.45, 7) is 4.13. The van der Waals surface area contributed by atoms with Crippen LogP contribution in [-0.2, 0) is 0 Å². The second-order valence-corrected chi connectivity index (χ2v) is 7.35. The predicted octanol–water partition coefficient (Wildman–Crippen LogP) is 4.30. The maximum absolute atomic E-state index is 12.9. The molecule has 1 amide bonds. The minimum absolute atomic E-state index is 0.000000472. The molecule has 0 bridgehead atoms. The third-order valence-corrected chi connectivity index (χ3v) is 5.59. The molecular weight excluding hydrogens is 336 g/mol. The Hall–Kier alpha value is -1.78. The van der Waals surface area contributed by atoms with Crippen LogP contribution in [0.15, 0.2) is 40.8 Å². The fraction of sp³-hybridized carbons (Fsp3) is 0.450. The molecule has 25 heavy (non-hydrogen) atoms. The number of furan rings is 1. The van der Waals surface area contributed by atoms with Crippen molar-refractivity contribution >= 4 is 17.5 Å². The average Bonchev–Trinajstić information content (AvgIpc) is 3.37. The Morgan fingerprint density at radius 1 is 1.08 bits per heavy atom. The molecule has 4 nitrogen and oxygen atoms in total. The maximum atomic E-state index is 12.9. The summed E-state index contributed by atoms with van der Waals surface area (Å²) in [5.74, 6) is 1.05. The van der Waals surface area contributed by atoms with Crippen LogP contribution in [0.4, 0.5) is 0 Å². The lowest BCUT2D eigenvalue weighted by Gasteiger charge is -2.27. The van der Waals surface area contributed by atoms with Gasteiger partial charge in [0, 0.05) is 24.7 Å². The van der Waals surface area contributed by atoms with Crippen molar-refractivity contribution in [3.05, 3.63) is 47.2 Å². The summed E-state index contributed by atoms with van der Waals surface area (Å²) in [6, 6.07) is 11.4. The average molecular weight is 359 g/mol. The lowest BCUT2D eigenvalue weighted by molar-refractivity contribution is 0.0677. The van der Waals surface area contributed by atoms with Gasteiger partial charge in [0.05, 0.1) is 5.02 Å². The number of carbonyl (C=O) groups excluding carboxylic acids is 1. The van der Waals surface area contributed by atoms with Crippen LogP contribution in [0.1, 0.15) is 36.2 Å². The monoisotopic (exact) mass is 358 g/mol. The lowest BCUT2D eigenvalue weighted by Crippen LogP contribution is -2.42. The summed E-state index contributed by atoms with van der Waals surface area (Å²) in [7, 11) is 0. The summed E-state index contributed by atoms with van der Waals surface area (Å²) in [5, 5.41) is 0.629. The topological polar surface area (TPSA) is 36.7 Å². The molecule has 1 unspecified atom stereocenters. The zero-order valence-corrected chi connectivity index (χ0v) is 15.0. The molecule has 132 valence electrons. The molecule has 2 fully saturated rings. The zero-order valence-electron chi connectivity index (χ0n) is 14.3. The van der Waals surface area contributed by atoms with Crippen molar-refractivity contribution in [1.29, 1.82) is 0 Å². The van der Waals surface area contributed by atoms with Crippen molar-refractivity contribution in [3.63, 3.8) is 0 Å². The highest BCUT2D eigenvalue weighted by atomic mass is 35.5. The molecule has 2 saturated heterocycles. The Balaban J connectivity index is 1.49. The van der Waals surface area contributed by atoms with Gasteiger partial charge in [0.25, 0.3) is 5.91 Å². The van der Waals surface area contributed by atoms with E-state index in [1.54, 1.807) is 6.07 Å². The van der Waals surface area contributed by atoms with Crippen molar-refractivity contribution in [3.8, 4) is 11.3 Å². The molecule has 1 aromatic carbocycles. The second-order valence-electron chi connectivity index (χ2n) is 6.95. The molecule has 0 saturated carbocycles. The molecule has 0 N–H and O–H groups in total. The summed E-state index contributed by atoms with van der Waals surface area (Å²) in [4.78, 5) is 17.4. The summed E-state index contributed by atoms with van der Waals surface area (Å²) in [6.07, 6.45) is 4.71. The predicted molar refractivity (Wildman–Crippen MR) is 98.9 cm³/mol. The van der Waals surface area contributed by atoms with Crippen LogP contribution in [0.3, 0.4) is 0 Å². The van der Waals surface area contributed by atoms with E-state index in [2.05, 4.69) is 4.90 Å². The largest absolute Gasteiger partial charge is 0.451 e. The van der Waals surface area contributed by atoms with Crippen molar-refractivity contribution in [2.75, 3.05) is 26.2 Å². The van der Waals surface area contributed by atoms with Crippen LogP contribution in [0.2, 0.25) is 5.02 Å². The quantitative estimate of drug-likeness (QED) is 0.817. The SMILES string of the molecule is O=C(c1ccc(-c2ccccc2Cl)o1)N1CCCC1CN1CCCC1. The standard InChI is InChI=1S/C20H23ClN2O2/c21-17-8-2-1-7-16(17)18-9-10-19(25-18)20(24)23-13-5-6-15(23)14-22-11-3-4-12-22/h1-2,7-10,15H,3-6,11-14H2. The summed E-state index contributed by atoms with van der Waals surface area (Å²) in [5.41, 5.74) is 0.818. The molecule has 0 radical (unpaired) electrons. The van der Waals surface area contributed by atoms with E-state index in [9.17, 15) is 4.79 Å². The van der Waals surface area contributed by atoms with E-state index in [-0.39, 0.29) is 5.91 Å². The Kier molecular flexibility index (Phi) is 4.82. The highest BCUT2D eigenvalue weighted by Gasteiger charge is 2.32. The van der Waals surface area contributed by atoms with Crippen LogP contribution in [0, 0.1) is 0 Å². The number of hydrogen-bond acceptors (Lipinski definition) is 3. The molecule has 0 aliphatic carbocycles. The van der Waals surface area contributed by atoms with Gasteiger partial charge in [0.2, 0.25) is 0 Å². The van der Waals surface area contributed by atoms with Crippen LogP contribution >= 0.6 is 11.6 Å². The van der Waals surface area contributed by atoms with E-state index in [1.165, 1.54) is 12.8 Å². The fourth-order valence-electron chi connectivity index (χ4n) is 3.96. The Morgan fingerprint density at radius 3 is 2.68 bits per heavy atom. The fourth-order valence-corrected chi connectivity index (χ4v) is 4.19. The smallest absolute Gasteiger partial charge is 0.289 e. The van der Waals surface area contributed by atoms with Gasteiger partial charge in [-0.3, -0.25) is 4.79 Å². The second kappa shape index (κ2) is 7.22. The minimum atomic E-state index is 0.000000472. The van der Waals surface area contributed by atoms with E-state index in [4.69, 9.17) is 16.0 Å². The lowest BCUT2D eigenvalue weighted by atomic mass is 10.2. The van der Waals surface area contributed by atoms with E-state index < -0.39 is 0 Å². The number of carbonyl (C=O) groups is 1. The number of hydrogen-bond donors (Lipinski definition) is 0. The molecule has 3 heterocycles. The Morgan fingerprint density at radius 2 is 1.88 bits per heavy atom. The van der Waals surface area contributed by atoms with Gasteiger partial charge < -0.3 is 14.2 Å². The van der Waals surface area contributed by atoms with Gasteiger partial charge in [-0.1, -0.05) is 23.7 Å². The maximum Gasteiger partial charge on any atom is 0.289 e. The highest BCUT2D eigenvalue weighted by Crippen LogP contribution is 2.30. The Labute approximate surface area is 153 Å². The minimum Gasteiger partial charge on any atom is -0.451 e. The van der Waals surface area contributed by atoms with Crippen molar-refractivity contribution in [2.24, 2.45) is 0 Å². The van der Waals surface area contributed by atoms with Crippen LogP contribution in [0.5, 0.6) is 0 Å². The number of benzene rings is 1. The first-order chi connectivity index (χ1) is 12.2. The molecule has 1 atom stereocenters. The number of likely N-dealkylation sites (tertiary alicyclic amines) is 2. The van der Waals surface area contributed by atoms with E-state index in [0.29, 0.717) is 22.6 Å². The first-order valence-electron chi connectivity index (χ1n) is 9.10. The summed E-state index contributed by atoms with van der Waals surface area (Å²) < 4.78 is 5.85. The first kappa shape index (κ1) is 16.7. The normalized spacial score (nSPS) is 21.2. The van der Waals surface area contributed by atoms with Gasteiger partial charge in [0.1, 0.15) is 5.76 Å². The van der Waals surface area contributed by atoms with E-state index in [0.717, 1.165) is 44.6 Å². The molecule has 2 aromatic rings. The van der Waals surface area contributed by atoms with Crippen LogP contribution in [0.25, 0.3) is 11.3 Å². The number of halogens is 1. The van der Waals surface area contributed by atoms with Crippen LogP contribution in [-0.4, -0.2) is 47.9 Å². The van der Waals surface area contributed by atoms with Gasteiger partial charge in [-0.2, -0.15) is 0 Å². The van der Waals surface area contributed by atoms with Crippen molar-refractivity contribution in [2.45, 2.75) is 31.7 Å². The van der Waals surface area contributed by atoms with Crippen molar-refractivity contribution in [1.82, 2.24) is 9.80 Å². The molecule has 2 aliphatic rings. The van der Waals surface area contributed by atoms with E-state index >= 15 is 0 Å². The molecule has 1 aromatic heterocycles. The summed E-state index contributed by atoms with van der Waals surface area (Å²) >= 11 is 6.23. The highest BCUT2D eigenvalue weighted by molar-refractivity contribution is 6.33. The first-order valence-corrected chi connectivity index (χ1v) is 9.48. The third-order valence-electron chi connectivity index (χ3n) is 5.26. The van der Waals surface area contributed by atoms with Gasteiger partial charge in [-0.15, -0.1) is 0 Å². The van der Waals surface area contributed by atoms with Gasteiger partial charge >= 0.3 is 0 Å². The number of rotatable bonds is 4. The van der Waals surface area contributed by atoms with E-state index in [1.807, 2.05) is 35.2 Å². The molecule has 4 rings (SSSR count). The number of amides is 1. The van der Waals surface area contributed by atoms with Crippen molar-refractivity contribution < 1.29 is 9.21 Å². The van der Waals surface area contributed by atoms with Gasteiger partial charge in [-0.05, 0) is 63.0 Å². The number of nitrogens with zero attached hydrogens (tertiary/aromatic N) is 2.